The maximum Gasteiger partial charge on any atom is 0.261 e. The van der Waals surface area contributed by atoms with Crippen molar-refractivity contribution < 1.29 is 29.4 Å². The van der Waals surface area contributed by atoms with Crippen molar-refractivity contribution in [3.8, 4) is 0 Å². The van der Waals surface area contributed by atoms with Gasteiger partial charge >= 0.3 is 0 Å². The average molecular weight is 455 g/mol. The highest BCUT2D eigenvalue weighted by molar-refractivity contribution is 8.77. The Morgan fingerprint density at radius 2 is 1.31 bits per heavy atom. The summed E-state index contributed by atoms with van der Waals surface area (Å²) < 4.78 is 0. The molecule has 6 bridgehead atoms. The minimum absolute atomic E-state index is 0.0102. The molecule has 10 atom stereocenters. The van der Waals surface area contributed by atoms with Crippen LogP contribution in [0.5, 0.6) is 0 Å². The van der Waals surface area contributed by atoms with Crippen LogP contribution in [0.1, 0.15) is 25.7 Å². The molecular formula is C18H18N2O6S3. The zero-order valence-electron chi connectivity index (χ0n) is 15.1. The first-order valence-electron chi connectivity index (χ1n) is 9.91. The summed E-state index contributed by atoms with van der Waals surface area (Å²) in [6.07, 6.45) is -0.791. The van der Waals surface area contributed by atoms with Gasteiger partial charge in [0.25, 0.3) is 11.8 Å². The number of rotatable bonds is 0. The van der Waals surface area contributed by atoms with Crippen molar-refractivity contribution in [2.75, 3.05) is 0 Å². The predicted octanol–water partition coefficient (Wildman–Crippen LogP) is -0.627. The number of nitrogens with zero attached hydrogens (tertiary/aromatic N) is 2. The number of thioether (sulfide) groups is 1. The van der Waals surface area contributed by atoms with Crippen molar-refractivity contribution in [3.05, 3.63) is 0 Å². The summed E-state index contributed by atoms with van der Waals surface area (Å²) in [5.74, 6) is -1.58. The maximum absolute atomic E-state index is 14.1. The molecular weight excluding hydrogens is 436 g/mol. The SMILES string of the molecule is O=C1CC2SS[C@@]34C[C@@H]1[C@@H]([C@H]2O)N3C(=O)[C@@]12C[C@H]3C(=O)CC(S1)[C@H](O)[C@H]3N2C4=O. The number of carbonyl (C=O) groups excluding carboxylic acids is 4. The van der Waals surface area contributed by atoms with Gasteiger partial charge in [-0.2, -0.15) is 0 Å². The van der Waals surface area contributed by atoms with Crippen LogP contribution >= 0.6 is 33.3 Å². The fourth-order valence-corrected chi connectivity index (χ4v) is 12.2. The van der Waals surface area contributed by atoms with E-state index in [1.54, 1.807) is 0 Å². The number of aliphatic hydroxyl groups is 2. The smallest absolute Gasteiger partial charge is 0.261 e. The second-order valence-corrected chi connectivity index (χ2v) is 13.5. The van der Waals surface area contributed by atoms with Crippen molar-refractivity contribution in [1.29, 1.82) is 0 Å². The number of carbonyl (C=O) groups is 4. The molecule has 7 rings (SSSR count). The number of aliphatic hydroxyl groups excluding tert-OH is 2. The van der Waals surface area contributed by atoms with Gasteiger partial charge in [-0.3, -0.25) is 19.2 Å². The minimum atomic E-state index is -1.24. The Morgan fingerprint density at radius 1 is 0.793 bits per heavy atom. The lowest BCUT2D eigenvalue weighted by molar-refractivity contribution is -0.171. The van der Waals surface area contributed by atoms with Crippen LogP contribution < -0.4 is 0 Å². The lowest BCUT2D eigenvalue weighted by Gasteiger charge is -2.58. The molecule has 2 saturated carbocycles. The van der Waals surface area contributed by atoms with E-state index in [9.17, 15) is 29.4 Å². The van der Waals surface area contributed by atoms with E-state index in [1.807, 2.05) is 0 Å². The molecule has 0 spiro atoms. The summed E-state index contributed by atoms with van der Waals surface area (Å²) in [6, 6.07) is -1.35. The number of piperazine rings is 1. The van der Waals surface area contributed by atoms with Crippen LogP contribution in [0.25, 0.3) is 0 Å². The topological polar surface area (TPSA) is 115 Å². The predicted molar refractivity (Wildman–Crippen MR) is 105 cm³/mol. The second kappa shape index (κ2) is 5.17. The van der Waals surface area contributed by atoms with E-state index in [0.29, 0.717) is 0 Å². The fourth-order valence-electron chi connectivity index (χ4n) is 6.86. The molecule has 0 radical (unpaired) electrons. The number of hydrogen-bond acceptors (Lipinski definition) is 9. The van der Waals surface area contributed by atoms with Crippen molar-refractivity contribution in [2.24, 2.45) is 11.8 Å². The summed E-state index contributed by atoms with van der Waals surface area (Å²) in [5, 5.41) is 21.1. The van der Waals surface area contributed by atoms with Gasteiger partial charge in [-0.1, -0.05) is 21.6 Å². The van der Waals surface area contributed by atoms with E-state index in [0.717, 1.165) is 0 Å². The average Bonchev–Trinajstić information content (AvgIpc) is 3.10. The molecule has 5 aliphatic heterocycles. The van der Waals surface area contributed by atoms with E-state index in [4.69, 9.17) is 0 Å². The molecule has 5 heterocycles. The van der Waals surface area contributed by atoms with Gasteiger partial charge in [-0.05, 0) is 0 Å². The van der Waals surface area contributed by atoms with E-state index >= 15 is 0 Å². The standard InChI is InChI=1S/C18H18N2O6S3/c21-7-1-9-13(23)11-5(7)3-17(27-9)15(25)20-12-6-4-18(20,16(26)19(11)17)29-28-10(14(12)24)2-8(6)22/h5-6,9-14,23-24H,1-4H2/t5-,6-,9?,10?,11-,12-,13-,14-,17+,18+/m0/s1. The van der Waals surface area contributed by atoms with E-state index < -0.39 is 51.1 Å². The zero-order chi connectivity index (χ0) is 20.0. The molecule has 0 aromatic carbocycles. The monoisotopic (exact) mass is 454 g/mol. The largest absolute Gasteiger partial charge is 0.390 e. The van der Waals surface area contributed by atoms with Crippen LogP contribution in [0, 0.1) is 11.8 Å². The van der Waals surface area contributed by atoms with Crippen LogP contribution in [-0.2, 0) is 19.2 Å². The lowest BCUT2D eigenvalue weighted by Crippen LogP contribution is -2.77. The maximum atomic E-state index is 14.1. The van der Waals surface area contributed by atoms with Crippen LogP contribution in [0.2, 0.25) is 0 Å². The Bertz CT molecular complexity index is 931. The number of ketones is 2. The Morgan fingerprint density at radius 3 is 2.00 bits per heavy atom. The molecule has 5 saturated heterocycles. The second-order valence-electron chi connectivity index (χ2n) is 9.22. The normalized spacial score (nSPS) is 56.8. The molecule has 2 N–H and O–H groups in total. The van der Waals surface area contributed by atoms with Gasteiger partial charge in [0, 0.05) is 42.8 Å². The molecule has 2 unspecified atom stereocenters. The Hall–Kier alpha value is -0.750. The molecule has 29 heavy (non-hydrogen) atoms. The van der Waals surface area contributed by atoms with Crippen LogP contribution in [-0.4, -0.2) is 87.9 Å². The van der Waals surface area contributed by atoms with Crippen LogP contribution in [0.4, 0.5) is 0 Å². The summed E-state index contributed by atoms with van der Waals surface area (Å²) >= 11 is 1.24. The number of amides is 2. The fraction of sp³-hybridized carbons (Fsp3) is 0.778. The third kappa shape index (κ3) is 1.73. The highest BCUT2D eigenvalue weighted by atomic mass is 33.1. The Balaban J connectivity index is 1.44. The molecule has 11 heteroatoms. The van der Waals surface area contributed by atoms with Crippen molar-refractivity contribution in [2.45, 2.75) is 70.2 Å². The first-order chi connectivity index (χ1) is 13.8. The van der Waals surface area contributed by atoms with Crippen LogP contribution in [0.15, 0.2) is 0 Å². The zero-order valence-corrected chi connectivity index (χ0v) is 17.5. The summed E-state index contributed by atoms with van der Waals surface area (Å²) in [6.45, 7) is 0. The quantitative estimate of drug-likeness (QED) is 0.462. The van der Waals surface area contributed by atoms with Gasteiger partial charge in [0.1, 0.15) is 11.6 Å². The van der Waals surface area contributed by atoms with Gasteiger partial charge in [-0.15, -0.1) is 11.8 Å². The molecule has 2 amide bonds. The molecule has 7 fully saturated rings. The highest BCUT2D eigenvalue weighted by Gasteiger charge is 2.80. The minimum Gasteiger partial charge on any atom is -0.390 e. The molecule has 0 aromatic rings. The van der Waals surface area contributed by atoms with E-state index in [-0.39, 0.29) is 54.3 Å². The van der Waals surface area contributed by atoms with Crippen molar-refractivity contribution in [3.63, 3.8) is 0 Å². The van der Waals surface area contributed by atoms with Gasteiger partial charge in [-0.25, -0.2) is 0 Å². The van der Waals surface area contributed by atoms with Gasteiger partial charge in [0.15, 0.2) is 9.74 Å². The Labute approximate surface area is 177 Å². The van der Waals surface area contributed by atoms with Gasteiger partial charge in [0.2, 0.25) is 0 Å². The molecule has 154 valence electrons. The number of hydrogen-bond donors (Lipinski definition) is 2. The molecule has 8 nitrogen and oxygen atoms in total. The van der Waals surface area contributed by atoms with Crippen molar-refractivity contribution in [1.82, 2.24) is 9.80 Å². The number of Topliss-reactive ketones (excluding diaryl/α,β-unsaturated/α-hetero) is 2. The van der Waals surface area contributed by atoms with Crippen LogP contribution in [0.3, 0.4) is 0 Å². The van der Waals surface area contributed by atoms with Gasteiger partial charge < -0.3 is 20.0 Å². The summed E-state index contributed by atoms with van der Waals surface area (Å²) in [5.41, 5.74) is 0. The Kier molecular flexibility index (Phi) is 3.19. The van der Waals surface area contributed by atoms with Crippen molar-refractivity contribution >= 4 is 56.7 Å². The number of fused-ring (bicyclic) bond motifs is 2. The summed E-state index contributed by atoms with van der Waals surface area (Å²) in [4.78, 5) is 54.1. The van der Waals surface area contributed by atoms with Gasteiger partial charge in [0.05, 0.1) is 29.5 Å². The molecule has 2 aliphatic carbocycles. The highest BCUT2D eigenvalue weighted by Crippen LogP contribution is 2.68. The molecule has 7 aliphatic rings. The third-order valence-corrected chi connectivity index (χ3v) is 13.2. The van der Waals surface area contributed by atoms with E-state index in [1.165, 1.54) is 43.1 Å². The first-order valence-corrected chi connectivity index (χ1v) is 13.0. The third-order valence-electron chi connectivity index (χ3n) is 8.05. The first kappa shape index (κ1) is 17.9. The summed E-state index contributed by atoms with van der Waals surface area (Å²) in [7, 11) is 2.61. The van der Waals surface area contributed by atoms with E-state index in [2.05, 4.69) is 0 Å². The lowest BCUT2D eigenvalue weighted by atomic mass is 9.80. The molecule has 0 aromatic heterocycles.